The van der Waals surface area contributed by atoms with Crippen molar-refractivity contribution in [3.63, 3.8) is 0 Å². The Hall–Kier alpha value is -2.65. The van der Waals surface area contributed by atoms with E-state index in [2.05, 4.69) is 61.6 Å². The normalized spacial score (nSPS) is 14.9. The summed E-state index contributed by atoms with van der Waals surface area (Å²) in [7, 11) is 0. The Morgan fingerprint density at radius 1 is 1.03 bits per heavy atom. The highest BCUT2D eigenvalue weighted by Gasteiger charge is 2.20. The van der Waals surface area contributed by atoms with E-state index in [-0.39, 0.29) is 5.91 Å². The number of benzene rings is 1. The van der Waals surface area contributed by atoms with E-state index in [0.717, 1.165) is 49.2 Å². The van der Waals surface area contributed by atoms with Gasteiger partial charge in [-0.2, -0.15) is 4.52 Å². The van der Waals surface area contributed by atoms with Gasteiger partial charge in [0, 0.05) is 43.4 Å². The van der Waals surface area contributed by atoms with E-state index in [4.69, 9.17) is 0 Å². The highest BCUT2D eigenvalue weighted by Crippen LogP contribution is 2.17. The number of thioether (sulfide) groups is 1. The zero-order chi connectivity index (χ0) is 20.9. The van der Waals surface area contributed by atoms with Crippen LogP contribution in [0.25, 0.3) is 5.65 Å². The van der Waals surface area contributed by atoms with Crippen molar-refractivity contribution in [3.05, 3.63) is 47.8 Å². The number of rotatable bonds is 7. The summed E-state index contributed by atoms with van der Waals surface area (Å²) in [5, 5.41) is 15.8. The molecule has 158 valence electrons. The second-order valence-corrected chi connectivity index (χ2v) is 8.65. The Balaban J connectivity index is 1.18. The van der Waals surface area contributed by atoms with E-state index in [0.29, 0.717) is 13.1 Å². The second-order valence-electron chi connectivity index (χ2n) is 7.48. The minimum absolute atomic E-state index is 0.0904. The van der Waals surface area contributed by atoms with E-state index in [1.807, 2.05) is 19.1 Å². The minimum atomic E-state index is 0.0904. The minimum Gasteiger partial charge on any atom is -0.354 e. The lowest BCUT2D eigenvalue weighted by atomic mass is 10.2. The summed E-state index contributed by atoms with van der Waals surface area (Å²) in [6.07, 6.45) is 0. The SMILES string of the molecule is Cc1ccc(SCCNC(=O)CN2CCN(c3ccc4nnc(C)n4n3)CC2)cc1. The van der Waals surface area contributed by atoms with Crippen LogP contribution in [0.15, 0.2) is 41.3 Å². The van der Waals surface area contributed by atoms with Gasteiger partial charge in [0.05, 0.1) is 6.54 Å². The van der Waals surface area contributed by atoms with Crippen LogP contribution in [-0.2, 0) is 4.79 Å². The Morgan fingerprint density at radius 2 is 1.80 bits per heavy atom. The van der Waals surface area contributed by atoms with Crippen LogP contribution in [0.3, 0.4) is 0 Å². The number of amides is 1. The molecule has 0 atom stereocenters. The summed E-state index contributed by atoms with van der Waals surface area (Å²) >= 11 is 1.76. The Labute approximate surface area is 180 Å². The first-order valence-corrected chi connectivity index (χ1v) is 11.2. The average Bonchev–Trinajstić information content (AvgIpc) is 3.13. The number of fused-ring (bicyclic) bond motifs is 1. The smallest absolute Gasteiger partial charge is 0.234 e. The van der Waals surface area contributed by atoms with E-state index in [1.165, 1.54) is 10.5 Å². The topological polar surface area (TPSA) is 78.7 Å². The Morgan fingerprint density at radius 3 is 2.57 bits per heavy atom. The van der Waals surface area contributed by atoms with Crippen molar-refractivity contribution >= 4 is 29.1 Å². The van der Waals surface area contributed by atoms with Gasteiger partial charge in [0.2, 0.25) is 5.91 Å². The van der Waals surface area contributed by atoms with E-state index < -0.39 is 0 Å². The largest absolute Gasteiger partial charge is 0.354 e. The van der Waals surface area contributed by atoms with Crippen LogP contribution in [0.4, 0.5) is 5.82 Å². The van der Waals surface area contributed by atoms with Gasteiger partial charge in [-0.15, -0.1) is 27.1 Å². The van der Waals surface area contributed by atoms with E-state index >= 15 is 0 Å². The fourth-order valence-electron chi connectivity index (χ4n) is 3.44. The highest BCUT2D eigenvalue weighted by atomic mass is 32.2. The molecule has 1 fully saturated rings. The van der Waals surface area contributed by atoms with Crippen molar-refractivity contribution in [2.24, 2.45) is 0 Å². The molecule has 9 heteroatoms. The third kappa shape index (κ3) is 5.09. The van der Waals surface area contributed by atoms with Crippen LogP contribution in [0.2, 0.25) is 0 Å². The first-order chi connectivity index (χ1) is 14.6. The molecule has 0 radical (unpaired) electrons. The molecular weight excluding hydrogens is 398 g/mol. The second kappa shape index (κ2) is 9.44. The predicted octanol–water partition coefficient (Wildman–Crippen LogP) is 1.77. The van der Waals surface area contributed by atoms with Crippen LogP contribution in [0.1, 0.15) is 11.4 Å². The van der Waals surface area contributed by atoms with Gasteiger partial charge in [-0.3, -0.25) is 9.69 Å². The first kappa shape index (κ1) is 20.6. The molecule has 1 saturated heterocycles. The Bertz CT molecular complexity index is 996. The molecule has 1 aromatic carbocycles. The van der Waals surface area contributed by atoms with Crippen LogP contribution in [0, 0.1) is 13.8 Å². The van der Waals surface area contributed by atoms with Crippen molar-refractivity contribution < 1.29 is 4.79 Å². The molecule has 0 saturated carbocycles. The summed E-state index contributed by atoms with van der Waals surface area (Å²) in [6.45, 7) is 8.47. The van der Waals surface area contributed by atoms with Gasteiger partial charge in [0.25, 0.3) is 0 Å². The number of carbonyl (C=O) groups excluding carboxylic acids is 1. The van der Waals surface area contributed by atoms with Gasteiger partial charge in [-0.25, -0.2) is 0 Å². The lowest BCUT2D eigenvalue weighted by Gasteiger charge is -2.34. The standard InChI is InChI=1S/C21H27N7OS/c1-16-3-5-18(6-4-16)30-14-9-22-21(29)15-26-10-12-27(13-11-26)20-8-7-19-24-23-17(2)28(19)25-20/h3-8H,9-15H2,1-2H3,(H,22,29). The van der Waals surface area contributed by atoms with Crippen molar-refractivity contribution in [2.45, 2.75) is 18.7 Å². The lowest BCUT2D eigenvalue weighted by molar-refractivity contribution is -0.122. The maximum atomic E-state index is 12.3. The van der Waals surface area contributed by atoms with E-state index in [1.54, 1.807) is 16.3 Å². The number of hydrogen-bond donors (Lipinski definition) is 1. The van der Waals surface area contributed by atoms with Gasteiger partial charge < -0.3 is 10.2 Å². The van der Waals surface area contributed by atoms with Crippen LogP contribution in [-0.4, -0.2) is 75.6 Å². The number of piperazine rings is 1. The van der Waals surface area contributed by atoms with Crippen molar-refractivity contribution in [2.75, 3.05) is 49.9 Å². The average molecular weight is 426 g/mol. The summed E-state index contributed by atoms with van der Waals surface area (Å²) in [4.78, 5) is 17.9. The van der Waals surface area contributed by atoms with Crippen LogP contribution < -0.4 is 10.2 Å². The molecular formula is C21H27N7OS. The van der Waals surface area contributed by atoms with Crippen molar-refractivity contribution in [1.82, 2.24) is 30.0 Å². The lowest BCUT2D eigenvalue weighted by Crippen LogP contribution is -2.50. The van der Waals surface area contributed by atoms with E-state index in [9.17, 15) is 4.79 Å². The highest BCUT2D eigenvalue weighted by molar-refractivity contribution is 7.99. The third-order valence-electron chi connectivity index (χ3n) is 5.18. The number of aryl methyl sites for hydroxylation is 2. The van der Waals surface area contributed by atoms with Crippen LogP contribution in [0.5, 0.6) is 0 Å². The maximum Gasteiger partial charge on any atom is 0.234 e. The fraction of sp³-hybridized carbons (Fsp3) is 0.429. The quantitative estimate of drug-likeness (QED) is 0.457. The molecule has 3 heterocycles. The summed E-state index contributed by atoms with van der Waals surface area (Å²) in [6, 6.07) is 12.4. The van der Waals surface area contributed by atoms with Crippen molar-refractivity contribution in [3.8, 4) is 0 Å². The molecule has 3 aromatic rings. The molecule has 8 nitrogen and oxygen atoms in total. The summed E-state index contributed by atoms with van der Waals surface area (Å²) in [5.41, 5.74) is 2.02. The molecule has 0 bridgehead atoms. The summed E-state index contributed by atoms with van der Waals surface area (Å²) < 4.78 is 1.77. The maximum absolute atomic E-state index is 12.3. The Kier molecular flexibility index (Phi) is 6.49. The molecule has 0 aliphatic carbocycles. The third-order valence-corrected chi connectivity index (χ3v) is 6.20. The first-order valence-electron chi connectivity index (χ1n) is 10.2. The van der Waals surface area contributed by atoms with Gasteiger partial charge >= 0.3 is 0 Å². The van der Waals surface area contributed by atoms with Gasteiger partial charge in [0.1, 0.15) is 5.82 Å². The number of anilines is 1. The number of hydrogen-bond acceptors (Lipinski definition) is 7. The molecule has 4 rings (SSSR count). The number of aromatic nitrogens is 4. The monoisotopic (exact) mass is 425 g/mol. The number of carbonyl (C=O) groups is 1. The summed E-state index contributed by atoms with van der Waals surface area (Å²) in [5.74, 6) is 2.66. The predicted molar refractivity (Wildman–Crippen MR) is 119 cm³/mol. The molecule has 1 aliphatic heterocycles. The molecule has 0 spiro atoms. The zero-order valence-electron chi connectivity index (χ0n) is 17.4. The number of nitrogens with one attached hydrogen (secondary N) is 1. The molecule has 30 heavy (non-hydrogen) atoms. The zero-order valence-corrected chi connectivity index (χ0v) is 18.2. The van der Waals surface area contributed by atoms with Gasteiger partial charge in [0.15, 0.2) is 11.5 Å². The van der Waals surface area contributed by atoms with Gasteiger partial charge in [-0.1, -0.05) is 17.7 Å². The molecule has 2 aromatic heterocycles. The fourth-order valence-corrected chi connectivity index (χ4v) is 4.21. The van der Waals surface area contributed by atoms with Gasteiger partial charge in [-0.05, 0) is 38.1 Å². The van der Waals surface area contributed by atoms with Crippen LogP contribution >= 0.6 is 11.8 Å². The number of nitrogens with zero attached hydrogens (tertiary/aromatic N) is 6. The molecule has 1 N–H and O–H groups in total. The molecule has 1 aliphatic rings. The molecule has 0 unspecified atom stereocenters. The van der Waals surface area contributed by atoms with Crippen molar-refractivity contribution in [1.29, 1.82) is 0 Å². The molecule has 1 amide bonds.